The molecule has 1 aliphatic carbocycles. The Kier molecular flexibility index (Phi) is 3.27. The lowest BCUT2D eigenvalue weighted by atomic mass is 9.75. The summed E-state index contributed by atoms with van der Waals surface area (Å²) in [6.45, 7) is 2.92. The molecular weight excluding hydrogens is 193 g/mol. The molecule has 0 aromatic carbocycles. The van der Waals surface area contributed by atoms with Crippen LogP contribution in [-0.2, 0) is 4.79 Å². The zero-order chi connectivity index (χ0) is 10.8. The van der Waals surface area contributed by atoms with Gasteiger partial charge in [-0.25, -0.2) is 4.39 Å². The molecule has 0 aromatic rings. The number of likely N-dealkylation sites (tertiary alicyclic amines) is 1. The average Bonchev–Trinajstić information content (AvgIpc) is 2.27. The summed E-state index contributed by atoms with van der Waals surface area (Å²) in [6.07, 6.45) is 4.93. The number of carbonyl (C=O) groups is 1. The second-order valence-electron chi connectivity index (χ2n) is 4.99. The molecule has 1 amide bonds. The van der Waals surface area contributed by atoms with Gasteiger partial charge in [0.15, 0.2) is 6.17 Å². The highest BCUT2D eigenvalue weighted by molar-refractivity contribution is 5.80. The Hall–Kier alpha value is -0.600. The fourth-order valence-corrected chi connectivity index (χ4v) is 3.05. The second-order valence-corrected chi connectivity index (χ2v) is 4.99. The van der Waals surface area contributed by atoms with E-state index in [1.54, 1.807) is 4.90 Å². The van der Waals surface area contributed by atoms with Crippen molar-refractivity contribution in [2.75, 3.05) is 13.1 Å². The molecule has 2 aliphatic rings. The lowest BCUT2D eigenvalue weighted by molar-refractivity contribution is -0.139. The third-order valence-electron chi connectivity index (χ3n) is 3.94. The Labute approximate surface area is 90.8 Å². The molecule has 3 unspecified atom stereocenters. The Morgan fingerprint density at radius 1 is 1.27 bits per heavy atom. The molecule has 15 heavy (non-hydrogen) atoms. The Bertz CT molecular complexity index is 242. The molecular formula is C12H20FNO. The van der Waals surface area contributed by atoms with Crippen molar-refractivity contribution in [2.24, 2.45) is 11.8 Å². The third-order valence-corrected chi connectivity index (χ3v) is 3.94. The first-order valence-corrected chi connectivity index (χ1v) is 6.11. The van der Waals surface area contributed by atoms with E-state index in [0.717, 1.165) is 25.4 Å². The third kappa shape index (κ3) is 2.32. The summed E-state index contributed by atoms with van der Waals surface area (Å²) < 4.78 is 12.9. The van der Waals surface area contributed by atoms with E-state index in [1.165, 1.54) is 32.6 Å². The number of amides is 1. The number of fused-ring (bicyclic) bond motifs is 1. The van der Waals surface area contributed by atoms with Crippen LogP contribution in [0.4, 0.5) is 4.39 Å². The van der Waals surface area contributed by atoms with Crippen LogP contribution in [0.1, 0.15) is 39.0 Å². The van der Waals surface area contributed by atoms with E-state index in [0.29, 0.717) is 5.92 Å². The van der Waals surface area contributed by atoms with Crippen LogP contribution in [0.15, 0.2) is 0 Å². The highest BCUT2D eigenvalue weighted by atomic mass is 19.1. The molecule has 1 saturated carbocycles. The van der Waals surface area contributed by atoms with Crippen molar-refractivity contribution in [2.45, 2.75) is 45.2 Å². The highest BCUT2D eigenvalue weighted by Crippen LogP contribution is 2.36. The lowest BCUT2D eigenvalue weighted by Crippen LogP contribution is -2.47. The number of nitrogens with zero attached hydrogens (tertiary/aromatic N) is 1. The minimum atomic E-state index is -1.33. The van der Waals surface area contributed by atoms with Crippen molar-refractivity contribution in [3.8, 4) is 0 Å². The van der Waals surface area contributed by atoms with E-state index < -0.39 is 6.17 Å². The maximum absolute atomic E-state index is 12.9. The van der Waals surface area contributed by atoms with Gasteiger partial charge in [0.25, 0.3) is 5.91 Å². The van der Waals surface area contributed by atoms with E-state index in [-0.39, 0.29) is 5.91 Å². The number of piperidine rings is 1. The van der Waals surface area contributed by atoms with Crippen LogP contribution in [0.2, 0.25) is 0 Å². The molecule has 0 bridgehead atoms. The molecule has 2 fully saturated rings. The lowest BCUT2D eigenvalue weighted by Gasteiger charge is -2.41. The molecule has 1 aliphatic heterocycles. The number of halogens is 1. The van der Waals surface area contributed by atoms with Crippen LogP contribution in [0.25, 0.3) is 0 Å². The van der Waals surface area contributed by atoms with Gasteiger partial charge >= 0.3 is 0 Å². The summed E-state index contributed by atoms with van der Waals surface area (Å²) in [5.74, 6) is 1.15. The molecule has 1 heterocycles. The van der Waals surface area contributed by atoms with Gasteiger partial charge < -0.3 is 4.90 Å². The minimum absolute atomic E-state index is 0.306. The van der Waals surface area contributed by atoms with Crippen LogP contribution in [0.3, 0.4) is 0 Å². The van der Waals surface area contributed by atoms with Crippen molar-refractivity contribution >= 4 is 5.91 Å². The first kappa shape index (κ1) is 10.9. The monoisotopic (exact) mass is 213 g/mol. The van der Waals surface area contributed by atoms with E-state index >= 15 is 0 Å². The van der Waals surface area contributed by atoms with Crippen LogP contribution in [-0.4, -0.2) is 30.1 Å². The molecule has 0 spiro atoms. The second kappa shape index (κ2) is 4.50. The van der Waals surface area contributed by atoms with Crippen molar-refractivity contribution < 1.29 is 9.18 Å². The Balaban J connectivity index is 1.93. The van der Waals surface area contributed by atoms with Gasteiger partial charge in [-0.3, -0.25) is 4.79 Å². The molecule has 0 N–H and O–H groups in total. The van der Waals surface area contributed by atoms with Gasteiger partial charge in [0, 0.05) is 13.1 Å². The van der Waals surface area contributed by atoms with Gasteiger partial charge in [-0.05, 0) is 31.6 Å². The smallest absolute Gasteiger partial charge is 0.256 e. The fourth-order valence-electron chi connectivity index (χ4n) is 3.05. The largest absolute Gasteiger partial charge is 0.340 e. The molecule has 2 nitrogen and oxygen atoms in total. The van der Waals surface area contributed by atoms with Crippen LogP contribution in [0, 0.1) is 11.8 Å². The summed E-state index contributed by atoms with van der Waals surface area (Å²) in [5, 5.41) is 0. The summed E-state index contributed by atoms with van der Waals surface area (Å²) in [4.78, 5) is 13.3. The van der Waals surface area contributed by atoms with Gasteiger partial charge in [-0.2, -0.15) is 0 Å². The number of hydrogen-bond acceptors (Lipinski definition) is 1. The fraction of sp³-hybridized carbons (Fsp3) is 0.917. The normalized spacial score (nSPS) is 33.3. The zero-order valence-electron chi connectivity index (χ0n) is 9.42. The molecule has 3 atom stereocenters. The number of alkyl halides is 1. The summed E-state index contributed by atoms with van der Waals surface area (Å²) in [7, 11) is 0. The van der Waals surface area contributed by atoms with E-state index in [4.69, 9.17) is 0 Å². The number of hydrogen-bond donors (Lipinski definition) is 0. The molecule has 3 heteroatoms. The Morgan fingerprint density at radius 2 is 1.93 bits per heavy atom. The standard InChI is InChI=1S/C12H20FNO/c1-9(13)12(15)14-7-6-10-4-2-3-5-11(10)8-14/h9-11H,2-8H2,1H3. The summed E-state index contributed by atoms with van der Waals surface area (Å²) in [6, 6.07) is 0. The van der Waals surface area contributed by atoms with Crippen molar-refractivity contribution in [3.63, 3.8) is 0 Å². The van der Waals surface area contributed by atoms with Crippen LogP contribution >= 0.6 is 0 Å². The summed E-state index contributed by atoms with van der Waals surface area (Å²) >= 11 is 0. The Morgan fingerprint density at radius 3 is 2.60 bits per heavy atom. The predicted octanol–water partition coefficient (Wildman–Crippen LogP) is 2.38. The van der Waals surface area contributed by atoms with E-state index in [9.17, 15) is 9.18 Å². The maximum atomic E-state index is 12.9. The zero-order valence-corrected chi connectivity index (χ0v) is 9.42. The van der Waals surface area contributed by atoms with Gasteiger partial charge in [0.05, 0.1) is 0 Å². The molecule has 0 aromatic heterocycles. The quantitative estimate of drug-likeness (QED) is 0.655. The first-order valence-electron chi connectivity index (χ1n) is 6.11. The van der Waals surface area contributed by atoms with Gasteiger partial charge in [0.2, 0.25) is 0 Å². The molecule has 0 radical (unpaired) electrons. The molecule has 86 valence electrons. The minimum Gasteiger partial charge on any atom is -0.340 e. The summed E-state index contributed by atoms with van der Waals surface area (Å²) in [5.41, 5.74) is 0. The maximum Gasteiger partial charge on any atom is 0.256 e. The van der Waals surface area contributed by atoms with Gasteiger partial charge in [-0.15, -0.1) is 0 Å². The number of carbonyl (C=O) groups excluding carboxylic acids is 1. The van der Waals surface area contributed by atoms with Crippen LogP contribution in [0.5, 0.6) is 0 Å². The average molecular weight is 213 g/mol. The van der Waals surface area contributed by atoms with Crippen LogP contribution < -0.4 is 0 Å². The predicted molar refractivity (Wildman–Crippen MR) is 57.2 cm³/mol. The molecule has 1 saturated heterocycles. The number of rotatable bonds is 1. The van der Waals surface area contributed by atoms with E-state index in [2.05, 4.69) is 0 Å². The topological polar surface area (TPSA) is 20.3 Å². The van der Waals surface area contributed by atoms with Crippen molar-refractivity contribution in [1.29, 1.82) is 0 Å². The van der Waals surface area contributed by atoms with Gasteiger partial charge in [0.1, 0.15) is 0 Å². The van der Waals surface area contributed by atoms with Crippen molar-refractivity contribution in [1.82, 2.24) is 4.90 Å². The molecule has 2 rings (SSSR count). The van der Waals surface area contributed by atoms with Crippen molar-refractivity contribution in [3.05, 3.63) is 0 Å². The SMILES string of the molecule is CC(F)C(=O)N1CCC2CCCCC2C1. The first-order chi connectivity index (χ1) is 7.18. The van der Waals surface area contributed by atoms with Gasteiger partial charge in [-0.1, -0.05) is 19.3 Å². The van der Waals surface area contributed by atoms with E-state index in [1.807, 2.05) is 0 Å². The highest BCUT2D eigenvalue weighted by Gasteiger charge is 2.33.